The van der Waals surface area contributed by atoms with Gasteiger partial charge in [-0.15, -0.1) is 11.3 Å². The Kier molecular flexibility index (Phi) is 5.90. The zero-order chi connectivity index (χ0) is 16.1. The summed E-state index contributed by atoms with van der Waals surface area (Å²) in [6.45, 7) is 7.21. The van der Waals surface area contributed by atoms with Crippen LogP contribution in [0.5, 0.6) is 0 Å². The Morgan fingerprint density at radius 2 is 2.09 bits per heavy atom. The second kappa shape index (κ2) is 7.69. The second-order valence-corrected chi connectivity index (χ2v) is 6.86. The van der Waals surface area contributed by atoms with Crippen molar-refractivity contribution >= 4 is 28.3 Å². The van der Waals surface area contributed by atoms with Crippen molar-refractivity contribution in [1.82, 2.24) is 14.8 Å². The molecule has 0 saturated carbocycles. The van der Waals surface area contributed by atoms with E-state index in [1.54, 1.807) is 0 Å². The van der Waals surface area contributed by atoms with Gasteiger partial charge >= 0.3 is 0 Å². The van der Waals surface area contributed by atoms with Gasteiger partial charge in [-0.05, 0) is 20.0 Å². The van der Waals surface area contributed by atoms with Gasteiger partial charge in [-0.3, -0.25) is 9.59 Å². The highest BCUT2D eigenvalue weighted by Crippen LogP contribution is 2.17. The van der Waals surface area contributed by atoms with Gasteiger partial charge in [0.2, 0.25) is 11.8 Å². The lowest BCUT2D eigenvalue weighted by Gasteiger charge is -2.20. The van der Waals surface area contributed by atoms with Gasteiger partial charge in [0.15, 0.2) is 5.13 Å². The molecule has 2 rings (SSSR count). The average Bonchev–Trinajstić information content (AvgIpc) is 2.77. The molecule has 2 heterocycles. The first-order chi connectivity index (χ1) is 10.5. The van der Waals surface area contributed by atoms with Gasteiger partial charge in [0, 0.05) is 30.9 Å². The molecular formula is C15H24N4O2S. The van der Waals surface area contributed by atoms with Crippen LogP contribution in [0.2, 0.25) is 0 Å². The minimum atomic E-state index is -0.0805. The van der Waals surface area contributed by atoms with Crippen LogP contribution in [-0.2, 0) is 16.0 Å². The number of nitrogens with zero attached hydrogens (tertiary/aromatic N) is 3. The maximum Gasteiger partial charge on any atom is 0.228 e. The fraction of sp³-hybridized carbons (Fsp3) is 0.667. The standard InChI is InChI=1S/C15H24N4O2S/c1-11(2)14(21)17-15-16-12(10-22-15)9-13(20)19-6-4-5-18(3)7-8-19/h10-11H,4-9H2,1-3H3,(H,16,17,21). The Morgan fingerprint density at radius 3 is 2.82 bits per heavy atom. The molecule has 1 aromatic rings. The summed E-state index contributed by atoms with van der Waals surface area (Å²) in [6, 6.07) is 0. The summed E-state index contributed by atoms with van der Waals surface area (Å²) in [7, 11) is 2.08. The summed E-state index contributed by atoms with van der Waals surface area (Å²) < 4.78 is 0. The Hall–Kier alpha value is -1.47. The van der Waals surface area contributed by atoms with Crippen molar-refractivity contribution in [3.05, 3.63) is 11.1 Å². The number of likely N-dealkylation sites (N-methyl/N-ethyl adjacent to an activating group) is 1. The third kappa shape index (κ3) is 4.78. The van der Waals surface area contributed by atoms with E-state index in [-0.39, 0.29) is 17.7 Å². The van der Waals surface area contributed by atoms with Crippen molar-refractivity contribution in [3.8, 4) is 0 Å². The number of hydrogen-bond acceptors (Lipinski definition) is 5. The van der Waals surface area contributed by atoms with E-state index in [1.807, 2.05) is 24.1 Å². The largest absolute Gasteiger partial charge is 0.341 e. The first-order valence-corrected chi connectivity index (χ1v) is 8.55. The molecular weight excluding hydrogens is 300 g/mol. The van der Waals surface area contributed by atoms with Crippen LogP contribution < -0.4 is 5.32 Å². The Balaban J connectivity index is 1.89. The first-order valence-electron chi connectivity index (χ1n) is 7.67. The van der Waals surface area contributed by atoms with Gasteiger partial charge in [-0.2, -0.15) is 0 Å². The summed E-state index contributed by atoms with van der Waals surface area (Å²) in [4.78, 5) is 32.5. The number of carbonyl (C=O) groups is 2. The number of amides is 2. The molecule has 2 amide bonds. The van der Waals surface area contributed by atoms with E-state index in [9.17, 15) is 9.59 Å². The van der Waals surface area contributed by atoms with Gasteiger partial charge in [0.1, 0.15) is 0 Å². The minimum Gasteiger partial charge on any atom is -0.341 e. The lowest BCUT2D eigenvalue weighted by molar-refractivity contribution is -0.130. The lowest BCUT2D eigenvalue weighted by Crippen LogP contribution is -2.35. The molecule has 0 unspecified atom stereocenters. The summed E-state index contributed by atoms with van der Waals surface area (Å²) in [5, 5.41) is 5.18. The summed E-state index contributed by atoms with van der Waals surface area (Å²) >= 11 is 1.37. The highest BCUT2D eigenvalue weighted by Gasteiger charge is 2.19. The number of carbonyl (C=O) groups excluding carboxylic acids is 2. The Morgan fingerprint density at radius 1 is 1.32 bits per heavy atom. The molecule has 22 heavy (non-hydrogen) atoms. The highest BCUT2D eigenvalue weighted by atomic mass is 32.1. The minimum absolute atomic E-state index is 0.0530. The third-order valence-electron chi connectivity index (χ3n) is 3.71. The van der Waals surface area contributed by atoms with Gasteiger partial charge in [-0.25, -0.2) is 4.98 Å². The maximum atomic E-state index is 12.4. The molecule has 7 heteroatoms. The maximum absolute atomic E-state index is 12.4. The van der Waals surface area contributed by atoms with E-state index < -0.39 is 0 Å². The number of nitrogens with one attached hydrogen (secondary N) is 1. The molecule has 0 bridgehead atoms. The third-order valence-corrected chi connectivity index (χ3v) is 4.52. The van der Waals surface area contributed by atoms with Gasteiger partial charge in [0.25, 0.3) is 0 Å². The van der Waals surface area contributed by atoms with Crippen LogP contribution >= 0.6 is 11.3 Å². The average molecular weight is 324 g/mol. The van der Waals surface area contributed by atoms with E-state index in [0.29, 0.717) is 11.6 Å². The quantitative estimate of drug-likeness (QED) is 0.910. The molecule has 0 spiro atoms. The predicted octanol–water partition coefficient (Wildman–Crippen LogP) is 1.44. The van der Waals surface area contributed by atoms with Crippen molar-refractivity contribution in [2.45, 2.75) is 26.7 Å². The molecule has 1 saturated heterocycles. The second-order valence-electron chi connectivity index (χ2n) is 6.00. The van der Waals surface area contributed by atoms with E-state index in [2.05, 4.69) is 22.2 Å². The zero-order valence-corrected chi connectivity index (χ0v) is 14.3. The Labute approximate surface area is 135 Å². The van der Waals surface area contributed by atoms with Crippen molar-refractivity contribution in [3.63, 3.8) is 0 Å². The van der Waals surface area contributed by atoms with Gasteiger partial charge < -0.3 is 15.1 Å². The van der Waals surface area contributed by atoms with E-state index in [0.717, 1.165) is 38.3 Å². The Bertz CT molecular complexity index is 529. The number of aromatic nitrogens is 1. The number of thiazole rings is 1. The summed E-state index contributed by atoms with van der Waals surface area (Å²) in [6.07, 6.45) is 1.31. The van der Waals surface area contributed by atoms with Crippen LogP contribution in [-0.4, -0.2) is 59.8 Å². The first kappa shape index (κ1) is 16.9. The van der Waals surface area contributed by atoms with E-state index in [1.165, 1.54) is 11.3 Å². The molecule has 0 atom stereocenters. The topological polar surface area (TPSA) is 65.5 Å². The molecule has 122 valence electrons. The number of rotatable bonds is 4. The zero-order valence-electron chi connectivity index (χ0n) is 13.5. The summed E-state index contributed by atoms with van der Waals surface area (Å²) in [5.74, 6) is -0.0202. The van der Waals surface area contributed by atoms with Crippen LogP contribution in [0.1, 0.15) is 26.0 Å². The van der Waals surface area contributed by atoms with E-state index in [4.69, 9.17) is 0 Å². The monoisotopic (exact) mass is 324 g/mol. The van der Waals surface area contributed by atoms with Crippen LogP contribution in [0.4, 0.5) is 5.13 Å². The normalized spacial score (nSPS) is 16.6. The lowest BCUT2D eigenvalue weighted by atomic mass is 10.2. The van der Waals surface area contributed by atoms with Crippen LogP contribution in [0, 0.1) is 5.92 Å². The molecule has 1 aliphatic heterocycles. The molecule has 0 aliphatic carbocycles. The van der Waals surface area contributed by atoms with Crippen LogP contribution in [0.15, 0.2) is 5.38 Å². The van der Waals surface area contributed by atoms with Crippen molar-refractivity contribution in [2.24, 2.45) is 5.92 Å². The molecule has 1 N–H and O–H groups in total. The summed E-state index contributed by atoms with van der Waals surface area (Å²) in [5.41, 5.74) is 0.728. The van der Waals surface area contributed by atoms with Gasteiger partial charge in [0.05, 0.1) is 12.1 Å². The predicted molar refractivity (Wildman–Crippen MR) is 88.0 cm³/mol. The molecule has 1 aliphatic rings. The van der Waals surface area contributed by atoms with Crippen molar-refractivity contribution in [2.75, 3.05) is 38.5 Å². The number of hydrogen-bond donors (Lipinski definition) is 1. The molecule has 1 aromatic heterocycles. The SMILES string of the molecule is CC(C)C(=O)Nc1nc(CC(=O)N2CCCN(C)CC2)cs1. The molecule has 0 aromatic carbocycles. The van der Waals surface area contributed by atoms with Crippen molar-refractivity contribution in [1.29, 1.82) is 0 Å². The highest BCUT2D eigenvalue weighted by molar-refractivity contribution is 7.13. The van der Waals surface area contributed by atoms with Crippen LogP contribution in [0.25, 0.3) is 0 Å². The molecule has 0 radical (unpaired) electrons. The fourth-order valence-corrected chi connectivity index (χ4v) is 2.97. The smallest absolute Gasteiger partial charge is 0.228 e. The van der Waals surface area contributed by atoms with Gasteiger partial charge in [-0.1, -0.05) is 13.8 Å². The number of anilines is 1. The van der Waals surface area contributed by atoms with E-state index >= 15 is 0 Å². The van der Waals surface area contributed by atoms with Crippen LogP contribution in [0.3, 0.4) is 0 Å². The molecule has 1 fully saturated rings. The fourth-order valence-electron chi connectivity index (χ4n) is 2.26. The van der Waals surface area contributed by atoms with Crippen molar-refractivity contribution < 1.29 is 9.59 Å². The molecule has 6 nitrogen and oxygen atoms in total.